The van der Waals surface area contributed by atoms with Crippen LogP contribution < -0.4 is 5.32 Å². The second-order valence-electron chi connectivity index (χ2n) is 5.79. The van der Waals surface area contributed by atoms with Gasteiger partial charge in [0.2, 0.25) is 0 Å². The fourth-order valence-electron chi connectivity index (χ4n) is 2.43. The summed E-state index contributed by atoms with van der Waals surface area (Å²) in [5.74, 6) is 0.329. The van der Waals surface area contributed by atoms with Crippen molar-refractivity contribution < 1.29 is 9.32 Å². The predicted octanol–water partition coefficient (Wildman–Crippen LogP) is 4.20. The molecule has 130 valence electrons. The molecule has 0 bridgehead atoms. The lowest BCUT2D eigenvalue weighted by molar-refractivity contribution is 0.0933. The third-order valence-electron chi connectivity index (χ3n) is 3.82. The first kappa shape index (κ1) is 17.8. The number of rotatable bonds is 6. The van der Waals surface area contributed by atoms with E-state index in [0.717, 1.165) is 10.0 Å². The number of carbonyl (C=O) groups is 1. The molecule has 0 radical (unpaired) electrons. The van der Waals surface area contributed by atoms with Gasteiger partial charge >= 0.3 is 0 Å². The number of nitrogens with zero attached hydrogens (tertiary/aromatic N) is 2. The summed E-state index contributed by atoms with van der Waals surface area (Å²) in [7, 11) is 4.00. The largest absolute Gasteiger partial charge is 0.355 e. The fraction of sp³-hybridized carbons (Fsp3) is 0.222. The number of benzene rings is 1. The zero-order chi connectivity index (χ0) is 17.8. The number of halogens is 1. The van der Waals surface area contributed by atoms with Crippen LogP contribution in [0.1, 0.15) is 21.4 Å². The predicted molar refractivity (Wildman–Crippen MR) is 103 cm³/mol. The monoisotopic (exact) mass is 419 g/mol. The van der Waals surface area contributed by atoms with Crippen molar-refractivity contribution >= 4 is 33.2 Å². The van der Waals surface area contributed by atoms with Crippen molar-refractivity contribution in [2.75, 3.05) is 20.6 Å². The van der Waals surface area contributed by atoms with Crippen LogP contribution >= 0.6 is 27.3 Å². The van der Waals surface area contributed by atoms with E-state index in [1.807, 2.05) is 49.8 Å². The summed E-state index contributed by atoms with van der Waals surface area (Å²) >= 11 is 5.07. The number of carbonyl (C=O) groups excluding carboxylic acids is 1. The second kappa shape index (κ2) is 7.95. The first-order chi connectivity index (χ1) is 12.0. The van der Waals surface area contributed by atoms with Gasteiger partial charge in [0.25, 0.3) is 5.91 Å². The molecule has 3 rings (SSSR count). The Kier molecular flexibility index (Phi) is 5.67. The van der Waals surface area contributed by atoms with Gasteiger partial charge in [0, 0.05) is 27.5 Å². The molecule has 3 aromatic rings. The van der Waals surface area contributed by atoms with Gasteiger partial charge < -0.3 is 14.7 Å². The highest BCUT2D eigenvalue weighted by atomic mass is 79.9. The van der Waals surface area contributed by atoms with Gasteiger partial charge in [-0.15, -0.1) is 11.3 Å². The third-order valence-corrected chi connectivity index (χ3v) is 5.32. The van der Waals surface area contributed by atoms with Crippen LogP contribution in [0.25, 0.3) is 11.3 Å². The van der Waals surface area contributed by atoms with Crippen molar-refractivity contribution in [2.45, 2.75) is 6.04 Å². The second-order valence-corrected chi connectivity index (χ2v) is 7.68. The summed E-state index contributed by atoms with van der Waals surface area (Å²) in [5.41, 5.74) is 1.15. The maximum absolute atomic E-state index is 12.4. The molecule has 0 saturated heterocycles. The van der Waals surface area contributed by atoms with E-state index in [1.165, 1.54) is 4.88 Å². The molecule has 0 spiro atoms. The summed E-state index contributed by atoms with van der Waals surface area (Å²) in [6.07, 6.45) is 0. The van der Waals surface area contributed by atoms with E-state index in [4.69, 9.17) is 4.52 Å². The summed E-state index contributed by atoms with van der Waals surface area (Å²) in [4.78, 5) is 15.7. The molecule has 0 unspecified atom stereocenters. The molecule has 2 heterocycles. The molecule has 25 heavy (non-hydrogen) atoms. The molecule has 1 atom stereocenters. The van der Waals surface area contributed by atoms with E-state index >= 15 is 0 Å². The minimum atomic E-state index is -0.240. The number of likely N-dealkylation sites (N-methyl/N-ethyl adjacent to an activating group) is 1. The van der Waals surface area contributed by atoms with Crippen LogP contribution in [0.2, 0.25) is 0 Å². The summed E-state index contributed by atoms with van der Waals surface area (Å²) in [6.45, 7) is 0.507. The van der Waals surface area contributed by atoms with Crippen molar-refractivity contribution in [1.82, 2.24) is 15.4 Å². The molecule has 0 aliphatic heterocycles. The zero-order valence-corrected chi connectivity index (χ0v) is 16.3. The van der Waals surface area contributed by atoms with Gasteiger partial charge in [0.05, 0.1) is 6.04 Å². The highest BCUT2D eigenvalue weighted by Gasteiger charge is 2.19. The standard InChI is InChI=1S/C18H18BrN3O2S/c1-22(2)15(17-4-3-9-25-17)11-20-18(23)14-10-16(24-21-14)12-5-7-13(19)8-6-12/h3-10,15H,11H2,1-2H3,(H,20,23)/t15-/m0/s1. The van der Waals surface area contributed by atoms with Crippen LogP contribution in [-0.2, 0) is 0 Å². The van der Waals surface area contributed by atoms with Crippen LogP contribution in [0.15, 0.2) is 56.8 Å². The van der Waals surface area contributed by atoms with Crippen LogP contribution in [0, 0.1) is 0 Å². The SMILES string of the molecule is CN(C)[C@@H](CNC(=O)c1cc(-c2ccc(Br)cc2)on1)c1cccs1. The molecule has 0 saturated carbocycles. The van der Waals surface area contributed by atoms with Crippen molar-refractivity contribution in [3.8, 4) is 11.3 Å². The summed E-state index contributed by atoms with van der Waals surface area (Å²) in [5, 5.41) is 8.87. The molecular weight excluding hydrogens is 402 g/mol. The lowest BCUT2D eigenvalue weighted by Gasteiger charge is -2.23. The molecule has 1 aromatic carbocycles. The normalized spacial score (nSPS) is 12.3. The first-order valence-electron chi connectivity index (χ1n) is 7.75. The quantitative estimate of drug-likeness (QED) is 0.650. The lowest BCUT2D eigenvalue weighted by atomic mass is 10.1. The van der Waals surface area contributed by atoms with Gasteiger partial charge in [-0.2, -0.15) is 0 Å². The van der Waals surface area contributed by atoms with E-state index in [-0.39, 0.29) is 17.6 Å². The Labute approximate surface area is 158 Å². The Morgan fingerprint density at radius 3 is 2.72 bits per heavy atom. The van der Waals surface area contributed by atoms with E-state index < -0.39 is 0 Å². The Balaban J connectivity index is 1.66. The van der Waals surface area contributed by atoms with Crippen molar-refractivity contribution in [3.63, 3.8) is 0 Å². The minimum absolute atomic E-state index is 0.127. The molecule has 1 N–H and O–H groups in total. The van der Waals surface area contributed by atoms with Gasteiger partial charge in [-0.05, 0) is 37.7 Å². The average molecular weight is 420 g/mol. The molecule has 0 aliphatic rings. The maximum atomic E-state index is 12.4. The van der Waals surface area contributed by atoms with Gasteiger partial charge in [-0.1, -0.05) is 39.3 Å². The summed E-state index contributed by atoms with van der Waals surface area (Å²) in [6, 6.07) is 13.5. The van der Waals surface area contributed by atoms with Crippen LogP contribution in [0.3, 0.4) is 0 Å². The van der Waals surface area contributed by atoms with Gasteiger partial charge in [-0.3, -0.25) is 4.79 Å². The van der Waals surface area contributed by atoms with Crippen LogP contribution in [0.4, 0.5) is 0 Å². The smallest absolute Gasteiger partial charge is 0.273 e. The summed E-state index contributed by atoms with van der Waals surface area (Å²) < 4.78 is 6.29. The lowest BCUT2D eigenvalue weighted by Crippen LogP contribution is -2.34. The molecule has 5 nitrogen and oxygen atoms in total. The molecule has 7 heteroatoms. The molecule has 2 aromatic heterocycles. The average Bonchev–Trinajstić information content (AvgIpc) is 3.27. The minimum Gasteiger partial charge on any atom is -0.355 e. The Morgan fingerprint density at radius 1 is 1.32 bits per heavy atom. The molecular formula is C18H18BrN3O2S. The third kappa shape index (κ3) is 4.36. The van der Waals surface area contributed by atoms with E-state index in [1.54, 1.807) is 17.4 Å². The molecule has 0 aliphatic carbocycles. The molecule has 1 amide bonds. The van der Waals surface area contributed by atoms with Crippen molar-refractivity contribution in [1.29, 1.82) is 0 Å². The molecule has 0 fully saturated rings. The number of amides is 1. The number of aromatic nitrogens is 1. The van der Waals surface area contributed by atoms with E-state index in [2.05, 4.69) is 37.4 Å². The zero-order valence-electron chi connectivity index (χ0n) is 13.9. The number of hydrogen-bond donors (Lipinski definition) is 1. The Hall–Kier alpha value is -1.96. The van der Waals surface area contributed by atoms with Crippen LogP contribution in [-0.4, -0.2) is 36.6 Å². The van der Waals surface area contributed by atoms with E-state index in [9.17, 15) is 4.79 Å². The van der Waals surface area contributed by atoms with Gasteiger partial charge in [0.15, 0.2) is 11.5 Å². The Bertz CT molecular complexity index is 828. The highest BCUT2D eigenvalue weighted by molar-refractivity contribution is 9.10. The van der Waals surface area contributed by atoms with Gasteiger partial charge in [-0.25, -0.2) is 0 Å². The number of nitrogens with one attached hydrogen (secondary N) is 1. The first-order valence-corrected chi connectivity index (χ1v) is 9.42. The number of hydrogen-bond acceptors (Lipinski definition) is 5. The highest BCUT2D eigenvalue weighted by Crippen LogP contribution is 2.24. The topological polar surface area (TPSA) is 58.4 Å². The van der Waals surface area contributed by atoms with Crippen molar-refractivity contribution in [2.24, 2.45) is 0 Å². The van der Waals surface area contributed by atoms with Crippen LogP contribution in [0.5, 0.6) is 0 Å². The van der Waals surface area contributed by atoms with E-state index in [0.29, 0.717) is 12.3 Å². The van der Waals surface area contributed by atoms with Crippen molar-refractivity contribution in [3.05, 3.63) is 62.9 Å². The fourth-order valence-corrected chi connectivity index (χ4v) is 3.62. The van der Waals surface area contributed by atoms with Gasteiger partial charge in [0.1, 0.15) is 0 Å². The maximum Gasteiger partial charge on any atom is 0.273 e. The Morgan fingerprint density at radius 2 is 2.08 bits per heavy atom. The number of thiophene rings is 1.